The zero-order valence-corrected chi connectivity index (χ0v) is 16.3. The van der Waals surface area contributed by atoms with Gasteiger partial charge in [-0.2, -0.15) is 5.10 Å². The summed E-state index contributed by atoms with van der Waals surface area (Å²) in [6.45, 7) is 2.84. The molecule has 2 aliphatic heterocycles. The van der Waals surface area contributed by atoms with Gasteiger partial charge in [0.25, 0.3) is 5.91 Å². The van der Waals surface area contributed by atoms with Crippen LogP contribution in [0, 0.1) is 5.41 Å². The average molecular weight is 388 g/mol. The number of fused-ring (bicyclic) bond motifs is 1. The molecular weight excluding hydrogens is 364 g/mol. The molecule has 0 atom stereocenters. The van der Waals surface area contributed by atoms with Crippen molar-refractivity contribution >= 4 is 17.3 Å². The Bertz CT molecular complexity index is 1050. The number of likely N-dealkylation sites (tertiary alicyclic amines) is 2. The first-order chi connectivity index (χ1) is 14.1. The van der Waals surface area contributed by atoms with E-state index in [0.29, 0.717) is 31.6 Å². The standard InChI is InChI=1S/C23H24N4O2/c28-21-14-23(17-26(21)16-18-6-2-1-3-7-18)9-12-25(13-10-23)22(29)19-15-24-27-11-5-4-8-20(19)27/h1-8,11,15H,9-10,12-14,16-17H2. The molecule has 0 radical (unpaired) electrons. The van der Waals surface area contributed by atoms with Gasteiger partial charge in [-0.25, -0.2) is 4.52 Å². The normalized spacial score (nSPS) is 18.7. The second-order valence-electron chi connectivity index (χ2n) is 8.29. The van der Waals surface area contributed by atoms with E-state index in [-0.39, 0.29) is 17.2 Å². The van der Waals surface area contributed by atoms with Crippen LogP contribution in [0.1, 0.15) is 35.2 Å². The molecule has 1 spiro atoms. The number of carbonyl (C=O) groups is 2. The molecule has 0 saturated carbocycles. The molecule has 2 aliphatic rings. The SMILES string of the molecule is O=C1CC2(CCN(C(=O)c3cnn4ccccc34)CC2)CN1Cc1ccccc1. The van der Waals surface area contributed by atoms with Gasteiger partial charge in [-0.1, -0.05) is 36.4 Å². The van der Waals surface area contributed by atoms with Crippen LogP contribution < -0.4 is 0 Å². The van der Waals surface area contributed by atoms with Crippen molar-refractivity contribution in [2.75, 3.05) is 19.6 Å². The van der Waals surface area contributed by atoms with E-state index in [1.54, 1.807) is 10.7 Å². The number of nitrogens with zero attached hydrogens (tertiary/aromatic N) is 4. The minimum absolute atomic E-state index is 0.00370. The average Bonchev–Trinajstić information content (AvgIpc) is 3.30. The Labute approximate surface area is 169 Å². The van der Waals surface area contributed by atoms with E-state index < -0.39 is 0 Å². The lowest BCUT2D eigenvalue weighted by Gasteiger charge is -2.38. The molecule has 2 fully saturated rings. The van der Waals surface area contributed by atoms with Crippen molar-refractivity contribution in [2.24, 2.45) is 5.41 Å². The van der Waals surface area contributed by atoms with Crippen LogP contribution in [0.5, 0.6) is 0 Å². The van der Waals surface area contributed by atoms with Crippen molar-refractivity contribution < 1.29 is 9.59 Å². The van der Waals surface area contributed by atoms with Crippen molar-refractivity contribution in [3.05, 3.63) is 72.1 Å². The Morgan fingerprint density at radius 1 is 1.03 bits per heavy atom. The third-order valence-electron chi connectivity index (χ3n) is 6.39. The quantitative estimate of drug-likeness (QED) is 0.693. The van der Waals surface area contributed by atoms with Gasteiger partial charge in [0.15, 0.2) is 0 Å². The van der Waals surface area contributed by atoms with Crippen molar-refractivity contribution in [2.45, 2.75) is 25.8 Å². The number of hydrogen-bond acceptors (Lipinski definition) is 3. The number of piperidine rings is 1. The Balaban J connectivity index is 1.25. The highest BCUT2D eigenvalue weighted by Gasteiger charge is 2.45. The molecule has 6 nitrogen and oxygen atoms in total. The Kier molecular flexibility index (Phi) is 4.34. The minimum Gasteiger partial charge on any atom is -0.338 e. The zero-order chi connectivity index (χ0) is 19.8. The van der Waals surface area contributed by atoms with Crippen LogP contribution in [-0.4, -0.2) is 50.9 Å². The van der Waals surface area contributed by atoms with Gasteiger partial charge in [0, 0.05) is 44.2 Å². The van der Waals surface area contributed by atoms with Gasteiger partial charge in [0.05, 0.1) is 17.3 Å². The lowest BCUT2D eigenvalue weighted by molar-refractivity contribution is -0.128. The summed E-state index contributed by atoms with van der Waals surface area (Å²) in [4.78, 5) is 29.6. The summed E-state index contributed by atoms with van der Waals surface area (Å²) in [6, 6.07) is 15.9. The fourth-order valence-electron chi connectivity index (χ4n) is 4.72. The fraction of sp³-hybridized carbons (Fsp3) is 0.348. The molecule has 5 rings (SSSR count). The van der Waals surface area contributed by atoms with Crippen molar-refractivity contribution in [1.82, 2.24) is 19.4 Å². The van der Waals surface area contributed by atoms with Crippen LogP contribution in [0.4, 0.5) is 0 Å². The van der Waals surface area contributed by atoms with Crippen LogP contribution in [0.3, 0.4) is 0 Å². The van der Waals surface area contributed by atoms with E-state index in [1.165, 1.54) is 5.56 Å². The van der Waals surface area contributed by atoms with Crippen molar-refractivity contribution in [3.63, 3.8) is 0 Å². The third-order valence-corrected chi connectivity index (χ3v) is 6.39. The fourth-order valence-corrected chi connectivity index (χ4v) is 4.72. The van der Waals surface area contributed by atoms with Crippen molar-refractivity contribution in [3.8, 4) is 0 Å². The first-order valence-electron chi connectivity index (χ1n) is 10.2. The number of hydrogen-bond donors (Lipinski definition) is 0. The van der Waals surface area contributed by atoms with Gasteiger partial charge in [-0.05, 0) is 30.5 Å². The Morgan fingerprint density at radius 3 is 2.59 bits per heavy atom. The Morgan fingerprint density at radius 2 is 1.79 bits per heavy atom. The van der Waals surface area contributed by atoms with Gasteiger partial charge >= 0.3 is 0 Å². The first-order valence-corrected chi connectivity index (χ1v) is 10.2. The van der Waals surface area contributed by atoms with Crippen LogP contribution in [0.15, 0.2) is 60.9 Å². The van der Waals surface area contributed by atoms with Crippen LogP contribution in [0.2, 0.25) is 0 Å². The molecule has 0 aliphatic carbocycles. The highest BCUT2D eigenvalue weighted by Crippen LogP contribution is 2.41. The summed E-state index contributed by atoms with van der Waals surface area (Å²) >= 11 is 0. The second kappa shape index (κ2) is 7.03. The maximum absolute atomic E-state index is 13.0. The summed E-state index contributed by atoms with van der Waals surface area (Å²) < 4.78 is 1.73. The molecule has 0 unspecified atom stereocenters. The lowest BCUT2D eigenvalue weighted by Crippen LogP contribution is -2.44. The number of aromatic nitrogens is 2. The molecule has 29 heavy (non-hydrogen) atoms. The molecule has 2 aromatic heterocycles. The molecular formula is C23H24N4O2. The Hall–Kier alpha value is -3.15. The van der Waals surface area contributed by atoms with E-state index in [9.17, 15) is 9.59 Å². The molecule has 2 amide bonds. The summed E-state index contributed by atoms with van der Waals surface area (Å²) in [6.07, 6.45) is 5.84. The number of pyridine rings is 1. The molecule has 2 saturated heterocycles. The highest BCUT2D eigenvalue weighted by molar-refractivity contribution is 6.00. The summed E-state index contributed by atoms with van der Waals surface area (Å²) in [5, 5.41) is 4.28. The molecule has 0 N–H and O–H groups in total. The van der Waals surface area contributed by atoms with Crippen LogP contribution in [0.25, 0.3) is 5.52 Å². The smallest absolute Gasteiger partial charge is 0.257 e. The molecule has 6 heteroatoms. The monoisotopic (exact) mass is 388 g/mol. The van der Waals surface area contributed by atoms with E-state index in [0.717, 1.165) is 24.9 Å². The summed E-state index contributed by atoms with van der Waals surface area (Å²) in [5.41, 5.74) is 2.65. The van der Waals surface area contributed by atoms with E-state index >= 15 is 0 Å². The third kappa shape index (κ3) is 3.28. The van der Waals surface area contributed by atoms with E-state index in [4.69, 9.17) is 0 Å². The first kappa shape index (κ1) is 17.9. The predicted molar refractivity (Wildman–Crippen MR) is 109 cm³/mol. The van der Waals surface area contributed by atoms with Gasteiger partial charge in [-0.15, -0.1) is 0 Å². The van der Waals surface area contributed by atoms with E-state index in [1.807, 2.05) is 52.4 Å². The maximum atomic E-state index is 13.0. The number of rotatable bonds is 3. The van der Waals surface area contributed by atoms with Gasteiger partial charge in [0.1, 0.15) is 0 Å². The number of benzene rings is 1. The largest absolute Gasteiger partial charge is 0.338 e. The number of amides is 2. The van der Waals surface area contributed by atoms with Gasteiger partial charge in [0.2, 0.25) is 5.91 Å². The van der Waals surface area contributed by atoms with Crippen molar-refractivity contribution in [1.29, 1.82) is 0 Å². The van der Waals surface area contributed by atoms with Gasteiger partial charge < -0.3 is 9.80 Å². The van der Waals surface area contributed by atoms with Crippen LogP contribution in [-0.2, 0) is 11.3 Å². The summed E-state index contributed by atoms with van der Waals surface area (Å²) in [7, 11) is 0. The second-order valence-corrected chi connectivity index (χ2v) is 8.29. The van der Waals surface area contributed by atoms with E-state index in [2.05, 4.69) is 17.2 Å². The minimum atomic E-state index is 0.00370. The molecule has 3 aromatic rings. The maximum Gasteiger partial charge on any atom is 0.257 e. The van der Waals surface area contributed by atoms with Crippen LogP contribution >= 0.6 is 0 Å². The summed E-state index contributed by atoms with van der Waals surface area (Å²) in [5.74, 6) is 0.266. The topological polar surface area (TPSA) is 57.9 Å². The number of carbonyl (C=O) groups excluding carboxylic acids is 2. The zero-order valence-electron chi connectivity index (χ0n) is 16.3. The highest BCUT2D eigenvalue weighted by atomic mass is 16.2. The molecule has 148 valence electrons. The molecule has 1 aromatic carbocycles. The van der Waals surface area contributed by atoms with Gasteiger partial charge in [-0.3, -0.25) is 9.59 Å². The molecule has 4 heterocycles. The lowest BCUT2D eigenvalue weighted by atomic mass is 9.77. The molecule has 0 bridgehead atoms. The predicted octanol–water partition coefficient (Wildman–Crippen LogP) is 2.99.